The number of halogens is 1. The van der Waals surface area contributed by atoms with Crippen LogP contribution in [-0.4, -0.2) is 27.1 Å². The standard InChI is InChI=1S/C16H18ClN3O/c1-11-5-3-6-12(9-11)14-7-4-8-20(14)16(21)15-13(17)10-18-19(15)2/h3,5-6,9-10,14H,4,7-8H2,1-2H3/t14-/m0/s1. The lowest BCUT2D eigenvalue weighted by Gasteiger charge is -2.25. The second kappa shape index (κ2) is 5.53. The molecule has 21 heavy (non-hydrogen) atoms. The molecule has 1 atom stereocenters. The number of benzene rings is 1. The van der Waals surface area contributed by atoms with Gasteiger partial charge in [-0.3, -0.25) is 9.48 Å². The molecule has 0 N–H and O–H groups in total. The molecule has 3 rings (SSSR count). The Morgan fingerprint density at radius 1 is 1.43 bits per heavy atom. The molecule has 1 aliphatic heterocycles. The number of aromatic nitrogens is 2. The number of rotatable bonds is 2. The van der Waals surface area contributed by atoms with Gasteiger partial charge in [-0.2, -0.15) is 5.10 Å². The van der Waals surface area contributed by atoms with Crippen molar-refractivity contribution in [1.82, 2.24) is 14.7 Å². The Morgan fingerprint density at radius 3 is 2.90 bits per heavy atom. The van der Waals surface area contributed by atoms with E-state index in [1.807, 2.05) is 11.0 Å². The van der Waals surface area contributed by atoms with E-state index in [1.54, 1.807) is 11.7 Å². The minimum Gasteiger partial charge on any atom is -0.330 e. The van der Waals surface area contributed by atoms with Crippen molar-refractivity contribution in [3.63, 3.8) is 0 Å². The Kier molecular flexibility index (Phi) is 3.72. The van der Waals surface area contributed by atoms with Crippen LogP contribution in [0.3, 0.4) is 0 Å². The summed E-state index contributed by atoms with van der Waals surface area (Å²) >= 11 is 6.11. The van der Waals surface area contributed by atoms with E-state index in [0.29, 0.717) is 10.7 Å². The summed E-state index contributed by atoms with van der Waals surface area (Å²) < 4.78 is 1.55. The van der Waals surface area contributed by atoms with Crippen molar-refractivity contribution < 1.29 is 4.79 Å². The van der Waals surface area contributed by atoms with Gasteiger partial charge in [0, 0.05) is 13.6 Å². The normalized spacial score (nSPS) is 18.2. The van der Waals surface area contributed by atoms with E-state index in [0.717, 1.165) is 19.4 Å². The summed E-state index contributed by atoms with van der Waals surface area (Å²) in [5.74, 6) is -0.0380. The lowest BCUT2D eigenvalue weighted by atomic mass is 10.0. The van der Waals surface area contributed by atoms with E-state index in [-0.39, 0.29) is 11.9 Å². The quantitative estimate of drug-likeness (QED) is 0.853. The van der Waals surface area contributed by atoms with Crippen molar-refractivity contribution in [2.75, 3.05) is 6.54 Å². The molecule has 0 aliphatic carbocycles. The molecule has 0 unspecified atom stereocenters. The highest BCUT2D eigenvalue weighted by Crippen LogP contribution is 2.34. The van der Waals surface area contributed by atoms with Crippen molar-refractivity contribution >= 4 is 17.5 Å². The first kappa shape index (κ1) is 14.1. The van der Waals surface area contributed by atoms with E-state index in [4.69, 9.17) is 11.6 Å². The van der Waals surface area contributed by atoms with Gasteiger partial charge in [0.2, 0.25) is 0 Å². The van der Waals surface area contributed by atoms with Gasteiger partial charge in [0.05, 0.1) is 17.3 Å². The Morgan fingerprint density at radius 2 is 2.24 bits per heavy atom. The highest BCUT2D eigenvalue weighted by molar-refractivity contribution is 6.33. The van der Waals surface area contributed by atoms with Crippen LogP contribution >= 0.6 is 11.6 Å². The highest BCUT2D eigenvalue weighted by atomic mass is 35.5. The van der Waals surface area contributed by atoms with Crippen LogP contribution in [0.25, 0.3) is 0 Å². The summed E-state index contributed by atoms with van der Waals surface area (Å²) in [5, 5.41) is 4.47. The molecule has 1 amide bonds. The zero-order chi connectivity index (χ0) is 15.0. The van der Waals surface area contributed by atoms with Crippen LogP contribution in [0.15, 0.2) is 30.5 Å². The summed E-state index contributed by atoms with van der Waals surface area (Å²) in [6.45, 7) is 2.83. The zero-order valence-electron chi connectivity index (χ0n) is 12.2. The van der Waals surface area contributed by atoms with Crippen molar-refractivity contribution in [3.05, 3.63) is 52.3 Å². The number of amides is 1. The Bertz CT molecular complexity index is 660. The van der Waals surface area contributed by atoms with E-state index >= 15 is 0 Å². The molecule has 1 aliphatic rings. The summed E-state index contributed by atoms with van der Waals surface area (Å²) in [6.07, 6.45) is 3.52. The van der Waals surface area contributed by atoms with E-state index in [9.17, 15) is 4.79 Å². The third-order valence-electron chi connectivity index (χ3n) is 4.04. The average Bonchev–Trinajstić information content (AvgIpc) is 3.05. The minimum atomic E-state index is -0.0380. The van der Waals surface area contributed by atoms with Crippen LogP contribution < -0.4 is 0 Å². The van der Waals surface area contributed by atoms with Gasteiger partial charge in [-0.05, 0) is 25.3 Å². The maximum atomic E-state index is 12.8. The summed E-state index contributed by atoms with van der Waals surface area (Å²) in [6, 6.07) is 8.49. The van der Waals surface area contributed by atoms with Crippen LogP contribution in [0.2, 0.25) is 5.02 Å². The summed E-state index contributed by atoms with van der Waals surface area (Å²) in [4.78, 5) is 14.7. The number of carbonyl (C=O) groups excluding carboxylic acids is 1. The molecule has 0 saturated carbocycles. The van der Waals surface area contributed by atoms with Crippen LogP contribution in [0.5, 0.6) is 0 Å². The molecular formula is C16H18ClN3O. The van der Waals surface area contributed by atoms with Crippen LogP contribution in [0.1, 0.15) is 40.5 Å². The van der Waals surface area contributed by atoms with Crippen molar-refractivity contribution in [1.29, 1.82) is 0 Å². The van der Waals surface area contributed by atoms with Crippen LogP contribution in [-0.2, 0) is 7.05 Å². The fourth-order valence-corrected chi connectivity index (χ4v) is 3.27. The Hall–Kier alpha value is -1.81. The third kappa shape index (κ3) is 2.56. The average molecular weight is 304 g/mol. The lowest BCUT2D eigenvalue weighted by molar-refractivity contribution is 0.0724. The van der Waals surface area contributed by atoms with Gasteiger partial charge in [0.1, 0.15) is 5.69 Å². The molecule has 4 nitrogen and oxygen atoms in total. The lowest BCUT2D eigenvalue weighted by Crippen LogP contribution is -2.32. The van der Waals surface area contributed by atoms with Crippen LogP contribution in [0, 0.1) is 6.92 Å². The number of hydrogen-bond donors (Lipinski definition) is 0. The number of carbonyl (C=O) groups is 1. The molecule has 1 aromatic heterocycles. The predicted molar refractivity (Wildman–Crippen MR) is 82.4 cm³/mol. The molecular weight excluding hydrogens is 286 g/mol. The first-order valence-electron chi connectivity index (χ1n) is 7.13. The first-order valence-corrected chi connectivity index (χ1v) is 7.51. The van der Waals surface area contributed by atoms with Gasteiger partial charge < -0.3 is 4.90 Å². The second-order valence-corrected chi connectivity index (χ2v) is 5.94. The number of likely N-dealkylation sites (tertiary alicyclic amines) is 1. The maximum absolute atomic E-state index is 12.8. The van der Waals surface area contributed by atoms with Gasteiger partial charge in [0.25, 0.3) is 5.91 Å². The summed E-state index contributed by atoms with van der Waals surface area (Å²) in [7, 11) is 1.75. The van der Waals surface area contributed by atoms with Crippen LogP contribution in [0.4, 0.5) is 0 Å². The van der Waals surface area contributed by atoms with Gasteiger partial charge in [-0.1, -0.05) is 41.4 Å². The summed E-state index contributed by atoms with van der Waals surface area (Å²) in [5.41, 5.74) is 2.88. The number of aryl methyl sites for hydroxylation is 2. The van der Waals surface area contributed by atoms with Gasteiger partial charge in [-0.15, -0.1) is 0 Å². The molecule has 2 aromatic rings. The van der Waals surface area contributed by atoms with Crippen molar-refractivity contribution in [2.24, 2.45) is 7.05 Å². The predicted octanol–water partition coefficient (Wildman–Crippen LogP) is 3.36. The second-order valence-electron chi connectivity index (χ2n) is 5.54. The molecule has 1 saturated heterocycles. The molecule has 1 fully saturated rings. The fraction of sp³-hybridized carbons (Fsp3) is 0.375. The Balaban J connectivity index is 1.93. The smallest absolute Gasteiger partial charge is 0.274 e. The molecule has 0 spiro atoms. The first-order chi connectivity index (χ1) is 10.1. The minimum absolute atomic E-state index is 0.0380. The molecule has 0 bridgehead atoms. The molecule has 110 valence electrons. The largest absolute Gasteiger partial charge is 0.330 e. The SMILES string of the molecule is Cc1cccc([C@@H]2CCCN2C(=O)c2c(Cl)cnn2C)c1. The van der Waals surface area contributed by atoms with E-state index in [1.165, 1.54) is 17.3 Å². The fourth-order valence-electron chi connectivity index (χ4n) is 3.02. The third-order valence-corrected chi connectivity index (χ3v) is 4.31. The van der Waals surface area contributed by atoms with Gasteiger partial charge in [0.15, 0.2) is 0 Å². The molecule has 2 heterocycles. The highest BCUT2D eigenvalue weighted by Gasteiger charge is 2.32. The zero-order valence-corrected chi connectivity index (χ0v) is 13.0. The topological polar surface area (TPSA) is 38.1 Å². The van der Waals surface area contributed by atoms with Crippen molar-refractivity contribution in [2.45, 2.75) is 25.8 Å². The molecule has 5 heteroatoms. The maximum Gasteiger partial charge on any atom is 0.274 e. The van der Waals surface area contributed by atoms with Gasteiger partial charge in [-0.25, -0.2) is 0 Å². The molecule has 1 aromatic carbocycles. The number of nitrogens with zero attached hydrogens (tertiary/aromatic N) is 3. The monoisotopic (exact) mass is 303 g/mol. The van der Waals surface area contributed by atoms with E-state index < -0.39 is 0 Å². The van der Waals surface area contributed by atoms with Gasteiger partial charge >= 0.3 is 0 Å². The van der Waals surface area contributed by atoms with E-state index in [2.05, 4.69) is 30.2 Å². The Labute approximate surface area is 129 Å². The van der Waals surface area contributed by atoms with Crippen molar-refractivity contribution in [3.8, 4) is 0 Å². The number of hydrogen-bond acceptors (Lipinski definition) is 2. The molecule has 0 radical (unpaired) electrons.